The molecule has 5 rings (SSSR count). The molecule has 254 valence electrons. The first kappa shape index (κ1) is 34.1. The van der Waals surface area contributed by atoms with Gasteiger partial charge in [-0.05, 0) is 58.6 Å². The van der Waals surface area contributed by atoms with Gasteiger partial charge in [0, 0.05) is 44.7 Å². The molecule has 2 aliphatic heterocycles. The number of rotatable bonds is 6. The van der Waals surface area contributed by atoms with E-state index in [0.29, 0.717) is 48.3 Å². The van der Waals surface area contributed by atoms with Gasteiger partial charge in [-0.25, -0.2) is 19.2 Å². The van der Waals surface area contributed by atoms with Gasteiger partial charge in [0.15, 0.2) is 0 Å². The number of carbonyl (C=O) groups is 2. The highest BCUT2D eigenvalue weighted by Gasteiger charge is 2.48. The Morgan fingerprint density at radius 2 is 1.81 bits per heavy atom. The number of carbonyl (C=O) groups excluding carboxylic acids is 2. The van der Waals surface area contributed by atoms with E-state index in [2.05, 4.69) is 15.3 Å². The van der Waals surface area contributed by atoms with Crippen molar-refractivity contribution in [3.8, 4) is 0 Å². The molecule has 2 aromatic heterocycles. The number of hydrogen-bond acceptors (Lipinski definition) is 8. The molecule has 3 aromatic rings. The number of benzene rings is 1. The molecule has 2 saturated heterocycles. The molecule has 2 unspecified atom stereocenters. The van der Waals surface area contributed by atoms with E-state index in [1.54, 1.807) is 45.7 Å². The predicted octanol–water partition coefficient (Wildman–Crippen LogP) is 5.09. The number of alkyl halides is 2. The molecular formula is C33H41F3N6O5. The fraction of sp³-hybridized carbons (Fsp3) is 0.545. The van der Waals surface area contributed by atoms with Crippen molar-refractivity contribution in [2.75, 3.05) is 38.1 Å². The maximum atomic E-state index is 16.0. The Balaban J connectivity index is 1.40. The molecule has 0 aliphatic carbocycles. The van der Waals surface area contributed by atoms with Gasteiger partial charge in [-0.1, -0.05) is 12.1 Å². The number of fused-ring (bicyclic) bond motifs is 1. The minimum absolute atomic E-state index is 0.00755. The van der Waals surface area contributed by atoms with Crippen molar-refractivity contribution in [2.45, 2.75) is 77.0 Å². The van der Waals surface area contributed by atoms with Crippen molar-refractivity contribution in [1.82, 2.24) is 24.3 Å². The number of aromatic nitrogens is 3. The summed E-state index contributed by atoms with van der Waals surface area (Å²) >= 11 is 0. The van der Waals surface area contributed by atoms with Gasteiger partial charge in [0.25, 0.3) is 5.56 Å². The van der Waals surface area contributed by atoms with Crippen LogP contribution in [0.5, 0.6) is 0 Å². The topological polar surface area (TPSA) is 119 Å². The Kier molecular flexibility index (Phi) is 9.54. The van der Waals surface area contributed by atoms with E-state index in [9.17, 15) is 14.4 Å². The molecule has 2 fully saturated rings. The molecule has 2 amide bonds. The zero-order chi connectivity index (χ0) is 34.3. The number of hydrogen-bond donors (Lipinski definition) is 1. The van der Waals surface area contributed by atoms with Gasteiger partial charge in [0.05, 0.1) is 30.1 Å². The molecule has 4 heterocycles. The van der Waals surface area contributed by atoms with Crippen LogP contribution in [0.3, 0.4) is 0 Å². The van der Waals surface area contributed by atoms with Crippen LogP contribution < -0.4 is 10.9 Å². The molecule has 1 aromatic carbocycles. The fourth-order valence-electron chi connectivity index (χ4n) is 6.17. The zero-order valence-corrected chi connectivity index (χ0v) is 27.5. The normalized spacial score (nSPS) is 18.7. The lowest BCUT2D eigenvalue weighted by atomic mass is 9.89. The van der Waals surface area contributed by atoms with Gasteiger partial charge >= 0.3 is 12.0 Å². The Morgan fingerprint density at radius 1 is 1.11 bits per heavy atom. The second kappa shape index (κ2) is 13.1. The molecule has 2 aliphatic rings. The fourth-order valence-corrected chi connectivity index (χ4v) is 6.17. The second-order valence-corrected chi connectivity index (χ2v) is 13.2. The van der Waals surface area contributed by atoms with Gasteiger partial charge in [0.1, 0.15) is 35.3 Å². The number of pyridine rings is 1. The quantitative estimate of drug-likeness (QED) is 0.389. The summed E-state index contributed by atoms with van der Waals surface area (Å²) in [4.78, 5) is 49.2. The average Bonchev–Trinajstić information content (AvgIpc) is 3.02. The summed E-state index contributed by atoms with van der Waals surface area (Å²) in [5.74, 6) is -4.66. The highest BCUT2D eigenvalue weighted by molar-refractivity contribution is 5.87. The number of halogens is 3. The first-order valence-corrected chi connectivity index (χ1v) is 15.7. The van der Waals surface area contributed by atoms with Crippen LogP contribution in [0.1, 0.15) is 76.1 Å². The van der Waals surface area contributed by atoms with Crippen LogP contribution in [0.4, 0.5) is 23.8 Å². The summed E-state index contributed by atoms with van der Waals surface area (Å²) in [6, 6.07) is 4.68. The third kappa shape index (κ3) is 7.07. The van der Waals surface area contributed by atoms with E-state index < -0.39 is 47.7 Å². The predicted molar refractivity (Wildman–Crippen MR) is 169 cm³/mol. The first-order chi connectivity index (χ1) is 22.1. The summed E-state index contributed by atoms with van der Waals surface area (Å²) in [6.07, 6.45) is -0.00340. The van der Waals surface area contributed by atoms with Crippen LogP contribution in [-0.4, -0.2) is 80.8 Å². The number of aryl methyl sites for hydroxylation is 1. The van der Waals surface area contributed by atoms with Crippen molar-refractivity contribution in [3.05, 3.63) is 63.5 Å². The summed E-state index contributed by atoms with van der Waals surface area (Å²) in [5.41, 5.74) is -0.975. The van der Waals surface area contributed by atoms with E-state index in [0.717, 1.165) is 11.0 Å². The monoisotopic (exact) mass is 658 g/mol. The number of amides is 2. The lowest BCUT2D eigenvalue weighted by Crippen LogP contribution is -2.52. The van der Waals surface area contributed by atoms with Crippen molar-refractivity contribution >= 4 is 28.9 Å². The Hall–Kier alpha value is -4.20. The number of nitrogens with one attached hydrogen (secondary N) is 1. The van der Waals surface area contributed by atoms with Crippen molar-refractivity contribution in [2.24, 2.45) is 7.05 Å². The summed E-state index contributed by atoms with van der Waals surface area (Å²) in [5, 5.41) is 3.66. The van der Waals surface area contributed by atoms with Crippen LogP contribution >= 0.6 is 0 Å². The van der Waals surface area contributed by atoms with Gasteiger partial charge in [-0.3, -0.25) is 14.2 Å². The number of anilines is 1. The Labute approximate surface area is 271 Å². The third-order valence-corrected chi connectivity index (χ3v) is 8.74. The molecule has 0 spiro atoms. The molecule has 0 bridgehead atoms. The smallest absolute Gasteiger partial charge is 0.410 e. The van der Waals surface area contributed by atoms with E-state index in [1.807, 2.05) is 0 Å². The summed E-state index contributed by atoms with van der Waals surface area (Å²) < 4.78 is 59.9. The van der Waals surface area contributed by atoms with Crippen LogP contribution in [-0.2, 0) is 27.2 Å². The Morgan fingerprint density at radius 3 is 2.47 bits per heavy atom. The van der Waals surface area contributed by atoms with Gasteiger partial charge in [-0.15, -0.1) is 0 Å². The number of nitrogens with zero attached hydrogens (tertiary/aromatic N) is 5. The minimum Gasteiger partial charge on any atom is -0.444 e. The van der Waals surface area contributed by atoms with Gasteiger partial charge in [-0.2, -0.15) is 8.78 Å². The van der Waals surface area contributed by atoms with Crippen LogP contribution in [0, 0.1) is 5.82 Å². The zero-order valence-electron chi connectivity index (χ0n) is 27.5. The SMILES string of the molecule is CC(=O)N1CCC(c2cc3c(NC(C)c4cccc(C(F)(F)C5CN(C(=O)OC(C)(C)C)CCO5)c4F)ncnc3n(C)c2=O)CC1. The van der Waals surface area contributed by atoms with Crippen LogP contribution in [0.15, 0.2) is 35.4 Å². The number of likely N-dealkylation sites (tertiary alicyclic amines) is 1. The van der Waals surface area contributed by atoms with E-state index in [-0.39, 0.29) is 36.1 Å². The highest BCUT2D eigenvalue weighted by atomic mass is 19.3. The van der Waals surface area contributed by atoms with Crippen molar-refractivity contribution < 1.29 is 32.2 Å². The van der Waals surface area contributed by atoms with E-state index in [4.69, 9.17) is 9.47 Å². The van der Waals surface area contributed by atoms with E-state index >= 15 is 13.2 Å². The Bertz CT molecular complexity index is 1720. The van der Waals surface area contributed by atoms with E-state index in [1.165, 1.54) is 30.0 Å². The lowest BCUT2D eigenvalue weighted by Gasteiger charge is -2.37. The maximum Gasteiger partial charge on any atom is 0.410 e. The third-order valence-electron chi connectivity index (χ3n) is 8.74. The molecule has 11 nitrogen and oxygen atoms in total. The summed E-state index contributed by atoms with van der Waals surface area (Å²) in [7, 11) is 1.61. The average molecular weight is 659 g/mol. The van der Waals surface area contributed by atoms with Gasteiger partial charge < -0.3 is 24.6 Å². The number of morpholine rings is 1. The van der Waals surface area contributed by atoms with Crippen LogP contribution in [0.25, 0.3) is 11.0 Å². The number of piperidine rings is 1. The largest absolute Gasteiger partial charge is 0.444 e. The van der Waals surface area contributed by atoms with Crippen molar-refractivity contribution in [1.29, 1.82) is 0 Å². The molecule has 47 heavy (non-hydrogen) atoms. The van der Waals surface area contributed by atoms with Crippen molar-refractivity contribution in [3.63, 3.8) is 0 Å². The van der Waals surface area contributed by atoms with Crippen LogP contribution in [0.2, 0.25) is 0 Å². The molecular weight excluding hydrogens is 617 g/mol. The standard InChI is InChI=1S/C33H41F3N6O5/c1-19(22-8-7-9-25(27(22)34)33(35,36)26-17-42(14-15-46-26)31(45)47-32(3,4)5)39-28-24-16-23(21-10-12-41(13-11-21)20(2)43)30(44)40(6)29(24)38-18-37-28/h7-9,16,18-19,21,26H,10-15,17H2,1-6H3,(H,37,38,39). The molecule has 2 atom stereocenters. The first-order valence-electron chi connectivity index (χ1n) is 15.7. The van der Waals surface area contributed by atoms with Gasteiger partial charge in [0.2, 0.25) is 5.91 Å². The lowest BCUT2D eigenvalue weighted by molar-refractivity contribution is -0.171. The molecule has 0 radical (unpaired) electrons. The highest BCUT2D eigenvalue weighted by Crippen LogP contribution is 2.39. The molecule has 0 saturated carbocycles. The molecule has 1 N–H and O–H groups in total. The second-order valence-electron chi connectivity index (χ2n) is 13.2. The number of ether oxygens (including phenoxy) is 2. The summed E-state index contributed by atoms with van der Waals surface area (Å²) in [6.45, 7) is 8.71. The molecule has 14 heteroatoms. The maximum absolute atomic E-state index is 16.0. The minimum atomic E-state index is -3.77.